The number of hydrogen-bond acceptors (Lipinski definition) is 2. The summed E-state index contributed by atoms with van der Waals surface area (Å²) in [5, 5.41) is 0. The minimum absolute atomic E-state index is 0.370. The molecule has 0 unspecified atom stereocenters. The van der Waals surface area contributed by atoms with Crippen molar-refractivity contribution in [1.29, 1.82) is 0 Å². The van der Waals surface area contributed by atoms with Crippen LogP contribution in [0, 0.1) is 23.7 Å². The number of Topliss-reactive ketones (excluding diaryl/α,β-unsaturated/α-hetero) is 1. The van der Waals surface area contributed by atoms with Crippen LogP contribution in [0.3, 0.4) is 0 Å². The second kappa shape index (κ2) is 8.00. The number of ketones is 1. The molecule has 0 aromatic heterocycles. The highest BCUT2D eigenvalue weighted by Crippen LogP contribution is 2.17. The topological polar surface area (TPSA) is 17.1 Å². The Morgan fingerprint density at radius 3 is 2.05 bits per heavy atom. The molecule has 0 N–H and O–H groups in total. The van der Waals surface area contributed by atoms with E-state index >= 15 is 0 Å². The van der Waals surface area contributed by atoms with Gasteiger partial charge in [-0.15, -0.1) is 11.8 Å². The van der Waals surface area contributed by atoms with E-state index in [1.807, 2.05) is 54.6 Å². The van der Waals surface area contributed by atoms with E-state index in [2.05, 4.69) is 30.6 Å². The van der Waals surface area contributed by atoms with E-state index in [1.165, 1.54) is 4.90 Å². The first kappa shape index (κ1) is 15.0. The van der Waals surface area contributed by atoms with Gasteiger partial charge in [0.2, 0.25) is 0 Å². The van der Waals surface area contributed by atoms with Gasteiger partial charge in [0.15, 0.2) is 0 Å². The second-order valence-electron chi connectivity index (χ2n) is 4.15. The normalized spacial score (nSPS) is 9.00. The first-order valence-electron chi connectivity index (χ1n) is 6.64. The summed E-state index contributed by atoms with van der Waals surface area (Å²) >= 11 is 1.78. The van der Waals surface area contributed by atoms with Gasteiger partial charge in [-0.3, -0.25) is 4.79 Å². The van der Waals surface area contributed by atoms with E-state index in [9.17, 15) is 4.79 Å². The van der Waals surface area contributed by atoms with Crippen molar-refractivity contribution in [2.24, 2.45) is 0 Å². The van der Waals surface area contributed by atoms with E-state index in [0.717, 1.165) is 16.9 Å². The third-order valence-electron chi connectivity index (χ3n) is 2.58. The molecule has 2 aromatic rings. The van der Waals surface area contributed by atoms with Crippen LogP contribution < -0.4 is 0 Å². The van der Waals surface area contributed by atoms with Crippen LogP contribution in [0.25, 0.3) is 0 Å². The van der Waals surface area contributed by atoms with Gasteiger partial charge in [-0.1, -0.05) is 37.0 Å². The van der Waals surface area contributed by atoms with Gasteiger partial charge >= 0.3 is 0 Å². The molecule has 0 aliphatic rings. The molecule has 0 amide bonds. The third-order valence-corrected chi connectivity index (χ3v) is 3.47. The fourth-order valence-corrected chi connectivity index (χ4v) is 2.27. The molecule has 0 radical (unpaired) electrons. The number of carbonyl (C=O) groups excluding carboxylic acids is 1. The summed E-state index contributed by atoms with van der Waals surface area (Å²) in [5.74, 6) is 11.4. The molecule has 2 aromatic carbocycles. The van der Waals surface area contributed by atoms with Crippen LogP contribution in [-0.4, -0.2) is 11.5 Å². The fourth-order valence-electron chi connectivity index (χ4n) is 1.61. The Labute approximate surface area is 129 Å². The molecule has 0 bridgehead atoms. The highest BCUT2D eigenvalue weighted by Gasteiger charge is 1.93. The van der Waals surface area contributed by atoms with Crippen LogP contribution in [0.15, 0.2) is 59.5 Å². The Hall–Kier alpha value is -2.42. The smallest absolute Gasteiger partial charge is 0.270 e. The first-order chi connectivity index (χ1) is 10.3. The molecule has 0 aliphatic heterocycles. The molecular formula is C19H14OS. The van der Waals surface area contributed by atoms with Crippen molar-refractivity contribution in [2.45, 2.75) is 11.8 Å². The lowest BCUT2D eigenvalue weighted by atomic mass is 10.2. The van der Waals surface area contributed by atoms with Crippen LogP contribution in [0.2, 0.25) is 0 Å². The number of thioether (sulfide) groups is 1. The second-order valence-corrected chi connectivity index (χ2v) is 5.49. The summed E-state index contributed by atoms with van der Waals surface area (Å²) in [6.07, 6.45) is 0. The third kappa shape index (κ3) is 5.22. The predicted molar refractivity (Wildman–Crippen MR) is 88.0 cm³/mol. The Bertz CT molecular complexity index is 722. The SMILES string of the molecule is CCSc1ccc(C#CC(=O)C#Cc2ccccc2)cc1. The molecule has 0 saturated heterocycles. The maximum atomic E-state index is 11.6. The fraction of sp³-hybridized carbons (Fsp3) is 0.105. The maximum Gasteiger partial charge on any atom is 0.279 e. The van der Waals surface area contributed by atoms with Crippen LogP contribution >= 0.6 is 11.8 Å². The molecule has 0 atom stereocenters. The zero-order chi connectivity index (χ0) is 14.9. The quantitative estimate of drug-likeness (QED) is 0.618. The van der Waals surface area contributed by atoms with Gasteiger partial charge in [0, 0.05) is 16.0 Å². The summed E-state index contributed by atoms with van der Waals surface area (Å²) in [6, 6.07) is 17.3. The van der Waals surface area contributed by atoms with Crippen molar-refractivity contribution < 1.29 is 4.79 Å². The van der Waals surface area contributed by atoms with Crippen LogP contribution in [0.1, 0.15) is 18.1 Å². The van der Waals surface area contributed by atoms with Crippen molar-refractivity contribution in [3.8, 4) is 23.7 Å². The summed E-state index contributed by atoms with van der Waals surface area (Å²) in [4.78, 5) is 12.8. The molecule has 1 nitrogen and oxygen atoms in total. The summed E-state index contributed by atoms with van der Waals surface area (Å²) in [7, 11) is 0. The maximum absolute atomic E-state index is 11.6. The average Bonchev–Trinajstić information content (AvgIpc) is 2.53. The highest BCUT2D eigenvalue weighted by atomic mass is 32.2. The molecule has 2 heteroatoms. The van der Waals surface area contributed by atoms with E-state index in [0.29, 0.717) is 0 Å². The lowest BCUT2D eigenvalue weighted by molar-refractivity contribution is -0.108. The van der Waals surface area contributed by atoms with Gasteiger partial charge < -0.3 is 0 Å². The van der Waals surface area contributed by atoms with Gasteiger partial charge in [0.1, 0.15) is 0 Å². The van der Waals surface area contributed by atoms with Crippen molar-refractivity contribution >= 4 is 17.5 Å². The Kier molecular flexibility index (Phi) is 5.71. The van der Waals surface area contributed by atoms with Gasteiger partial charge in [-0.25, -0.2) is 0 Å². The van der Waals surface area contributed by atoms with Gasteiger partial charge in [-0.05, 0) is 54.0 Å². The van der Waals surface area contributed by atoms with Crippen molar-refractivity contribution in [3.05, 3.63) is 65.7 Å². The predicted octanol–water partition coefficient (Wildman–Crippen LogP) is 3.77. The van der Waals surface area contributed by atoms with E-state index in [1.54, 1.807) is 11.8 Å². The summed E-state index contributed by atoms with van der Waals surface area (Å²) in [6.45, 7) is 2.11. The zero-order valence-corrected chi connectivity index (χ0v) is 12.5. The first-order valence-corrected chi connectivity index (χ1v) is 7.62. The number of hydrogen-bond donors (Lipinski definition) is 0. The Morgan fingerprint density at radius 2 is 1.48 bits per heavy atom. The molecule has 21 heavy (non-hydrogen) atoms. The van der Waals surface area contributed by atoms with Crippen molar-refractivity contribution in [2.75, 3.05) is 5.75 Å². The molecule has 0 heterocycles. The molecule has 0 aliphatic carbocycles. The largest absolute Gasteiger partial charge is 0.279 e. The van der Waals surface area contributed by atoms with Gasteiger partial charge in [-0.2, -0.15) is 0 Å². The van der Waals surface area contributed by atoms with Gasteiger partial charge in [0.25, 0.3) is 5.78 Å². The monoisotopic (exact) mass is 290 g/mol. The summed E-state index contributed by atoms with van der Waals surface area (Å²) < 4.78 is 0. The van der Waals surface area contributed by atoms with Crippen molar-refractivity contribution in [3.63, 3.8) is 0 Å². The van der Waals surface area contributed by atoms with E-state index in [-0.39, 0.29) is 5.78 Å². The van der Waals surface area contributed by atoms with Crippen LogP contribution in [0.4, 0.5) is 0 Å². The van der Waals surface area contributed by atoms with E-state index in [4.69, 9.17) is 0 Å². The molecule has 0 fully saturated rings. The highest BCUT2D eigenvalue weighted by molar-refractivity contribution is 7.99. The Morgan fingerprint density at radius 1 is 0.905 bits per heavy atom. The lowest BCUT2D eigenvalue weighted by Crippen LogP contribution is -1.87. The zero-order valence-electron chi connectivity index (χ0n) is 11.7. The average molecular weight is 290 g/mol. The Balaban J connectivity index is 2.02. The number of rotatable bonds is 2. The standard InChI is InChI=1S/C19H14OS/c1-2-21-19-14-10-17(11-15-19)9-13-18(20)12-8-16-6-4-3-5-7-16/h3-7,10-11,14-15H,2H2,1H3. The van der Waals surface area contributed by atoms with Crippen LogP contribution in [-0.2, 0) is 4.79 Å². The molecule has 0 spiro atoms. The number of carbonyl (C=O) groups is 1. The summed E-state index contributed by atoms with van der Waals surface area (Å²) in [5.41, 5.74) is 1.64. The number of benzene rings is 2. The van der Waals surface area contributed by atoms with Gasteiger partial charge in [0.05, 0.1) is 0 Å². The minimum Gasteiger partial charge on any atom is -0.270 e. The molecular weight excluding hydrogens is 276 g/mol. The van der Waals surface area contributed by atoms with Crippen molar-refractivity contribution in [1.82, 2.24) is 0 Å². The molecule has 2 rings (SSSR count). The molecule has 102 valence electrons. The van der Waals surface area contributed by atoms with Crippen LogP contribution in [0.5, 0.6) is 0 Å². The lowest BCUT2D eigenvalue weighted by Gasteiger charge is -1.96. The minimum atomic E-state index is -0.370. The van der Waals surface area contributed by atoms with E-state index < -0.39 is 0 Å². The molecule has 0 saturated carbocycles.